The van der Waals surface area contributed by atoms with Crippen LogP contribution in [-0.4, -0.2) is 9.78 Å². The molecule has 0 aromatic carbocycles. The molecule has 0 fully saturated rings. The number of allylic oxidation sites excluding steroid dienone is 1. The van der Waals surface area contributed by atoms with Crippen LogP contribution < -0.4 is 5.73 Å². The predicted molar refractivity (Wildman–Crippen MR) is 53.7 cm³/mol. The van der Waals surface area contributed by atoms with Crippen LogP contribution in [0.3, 0.4) is 0 Å². The molecule has 3 heteroatoms. The fraction of sp³-hybridized carbons (Fsp3) is 0.444. The molecule has 0 bridgehead atoms. The summed E-state index contributed by atoms with van der Waals surface area (Å²) in [7, 11) is 1.85. The Kier molecular flexibility index (Phi) is 4.11. The molecule has 1 aromatic rings. The minimum absolute atomic E-state index is 0.542. The van der Waals surface area contributed by atoms with Gasteiger partial charge in [-0.1, -0.05) is 20.4 Å². The topological polar surface area (TPSA) is 43.8 Å². The van der Waals surface area contributed by atoms with Crippen molar-refractivity contribution in [1.29, 1.82) is 0 Å². The highest BCUT2D eigenvalue weighted by atomic mass is 15.3. The minimum atomic E-state index is 0.542. The molecule has 2 N–H and O–H groups in total. The molecule has 0 spiro atoms. The lowest BCUT2D eigenvalue weighted by Crippen LogP contribution is -1.95. The zero-order valence-electron chi connectivity index (χ0n) is 8.26. The van der Waals surface area contributed by atoms with Crippen molar-refractivity contribution in [2.24, 2.45) is 7.05 Å². The average Bonchev–Trinajstić information content (AvgIpc) is 2.34. The van der Waals surface area contributed by atoms with E-state index >= 15 is 0 Å². The number of nitrogens with zero attached hydrogens (tertiary/aromatic N) is 2. The van der Waals surface area contributed by atoms with E-state index in [2.05, 4.69) is 11.7 Å². The maximum atomic E-state index is 5.44. The van der Waals surface area contributed by atoms with Gasteiger partial charge in [-0.15, -0.1) is 0 Å². The summed E-state index contributed by atoms with van der Waals surface area (Å²) < 4.78 is 1.72. The number of nitrogen functional groups attached to an aromatic ring is 1. The number of rotatable bonds is 1. The Balaban J connectivity index is 0.000000561. The second-order valence-corrected chi connectivity index (χ2v) is 2.36. The largest absolute Gasteiger partial charge is 0.382 e. The van der Waals surface area contributed by atoms with Gasteiger partial charge in [-0.2, -0.15) is 5.10 Å². The van der Waals surface area contributed by atoms with Crippen LogP contribution >= 0.6 is 0 Å². The van der Waals surface area contributed by atoms with Crippen LogP contribution in [-0.2, 0) is 7.05 Å². The Hall–Kier alpha value is -1.25. The average molecular weight is 167 g/mol. The van der Waals surface area contributed by atoms with Gasteiger partial charge in [0.05, 0.1) is 5.69 Å². The summed E-state index contributed by atoms with van der Waals surface area (Å²) in [6.07, 6.45) is 0. The number of anilines is 1. The zero-order chi connectivity index (χ0) is 9.72. The van der Waals surface area contributed by atoms with Gasteiger partial charge < -0.3 is 5.73 Å². The first-order valence-electron chi connectivity index (χ1n) is 4.06. The third-order valence-corrected chi connectivity index (χ3v) is 1.34. The zero-order valence-corrected chi connectivity index (χ0v) is 8.26. The van der Waals surface area contributed by atoms with E-state index in [-0.39, 0.29) is 0 Å². The monoisotopic (exact) mass is 167 g/mol. The molecule has 0 radical (unpaired) electrons. The molecule has 1 rings (SSSR count). The number of hydrogen-bond donors (Lipinski definition) is 1. The third kappa shape index (κ3) is 2.42. The van der Waals surface area contributed by atoms with Gasteiger partial charge in [-0.3, -0.25) is 4.68 Å². The highest BCUT2D eigenvalue weighted by Crippen LogP contribution is 2.12. The van der Waals surface area contributed by atoms with E-state index in [1.807, 2.05) is 33.9 Å². The number of hydrogen-bond acceptors (Lipinski definition) is 2. The second kappa shape index (κ2) is 4.59. The highest BCUT2D eigenvalue weighted by Gasteiger charge is 2.00. The SMILES string of the molecule is C=C(C)c1cc(N)nn1C.CC. The Morgan fingerprint density at radius 3 is 2.25 bits per heavy atom. The Morgan fingerprint density at radius 2 is 2.08 bits per heavy atom. The molecule has 1 heterocycles. The number of nitrogens with two attached hydrogens (primary N) is 1. The van der Waals surface area contributed by atoms with Crippen molar-refractivity contribution in [3.05, 3.63) is 18.3 Å². The molecule has 0 atom stereocenters. The summed E-state index contributed by atoms with van der Waals surface area (Å²) in [5, 5.41) is 3.97. The molecule has 0 saturated heterocycles. The maximum Gasteiger partial charge on any atom is 0.146 e. The Morgan fingerprint density at radius 1 is 1.58 bits per heavy atom. The van der Waals surface area contributed by atoms with E-state index in [9.17, 15) is 0 Å². The summed E-state index contributed by atoms with van der Waals surface area (Å²) in [4.78, 5) is 0. The Labute approximate surface area is 73.9 Å². The van der Waals surface area contributed by atoms with Crippen molar-refractivity contribution in [3.63, 3.8) is 0 Å². The fourth-order valence-corrected chi connectivity index (χ4v) is 0.889. The van der Waals surface area contributed by atoms with Crippen LogP contribution in [0.15, 0.2) is 12.6 Å². The summed E-state index contributed by atoms with van der Waals surface area (Å²) in [5.74, 6) is 0.542. The molecule has 0 saturated carbocycles. The van der Waals surface area contributed by atoms with Crippen molar-refractivity contribution in [1.82, 2.24) is 9.78 Å². The lowest BCUT2D eigenvalue weighted by molar-refractivity contribution is 0.760. The van der Waals surface area contributed by atoms with Crippen molar-refractivity contribution in [2.45, 2.75) is 20.8 Å². The second-order valence-electron chi connectivity index (χ2n) is 2.36. The van der Waals surface area contributed by atoms with Gasteiger partial charge in [0.2, 0.25) is 0 Å². The van der Waals surface area contributed by atoms with Gasteiger partial charge in [0.1, 0.15) is 5.82 Å². The number of aryl methyl sites for hydroxylation is 1. The van der Waals surface area contributed by atoms with Crippen LogP contribution in [0.2, 0.25) is 0 Å². The molecule has 12 heavy (non-hydrogen) atoms. The maximum absolute atomic E-state index is 5.44. The summed E-state index contributed by atoms with van der Waals surface area (Å²) in [6.45, 7) is 9.71. The lowest BCUT2D eigenvalue weighted by Gasteiger charge is -1.96. The molecular weight excluding hydrogens is 150 g/mol. The van der Waals surface area contributed by atoms with Gasteiger partial charge in [0.15, 0.2) is 0 Å². The molecule has 0 amide bonds. The normalized spacial score (nSPS) is 8.67. The first-order chi connectivity index (χ1) is 5.61. The van der Waals surface area contributed by atoms with E-state index < -0.39 is 0 Å². The predicted octanol–water partition coefficient (Wildman–Crippen LogP) is 2.06. The van der Waals surface area contributed by atoms with Gasteiger partial charge in [-0.05, 0) is 12.5 Å². The van der Waals surface area contributed by atoms with E-state index in [0.29, 0.717) is 5.82 Å². The van der Waals surface area contributed by atoms with E-state index in [1.54, 1.807) is 4.68 Å². The first-order valence-corrected chi connectivity index (χ1v) is 4.06. The first kappa shape index (κ1) is 10.8. The van der Waals surface area contributed by atoms with Gasteiger partial charge in [0.25, 0.3) is 0 Å². The highest BCUT2D eigenvalue weighted by molar-refractivity contribution is 5.60. The van der Waals surface area contributed by atoms with Crippen molar-refractivity contribution in [3.8, 4) is 0 Å². The Bertz CT molecular complexity index is 261. The quantitative estimate of drug-likeness (QED) is 0.695. The summed E-state index contributed by atoms with van der Waals surface area (Å²) in [6, 6.07) is 1.81. The number of aromatic nitrogens is 2. The standard InChI is InChI=1S/C7H11N3.C2H6/c1-5(2)6-4-7(8)9-10(6)3;1-2/h4H,1H2,2-3H3,(H2,8,9);1-2H3. The summed E-state index contributed by atoms with van der Waals surface area (Å²) in [5.41, 5.74) is 7.41. The molecule has 0 aliphatic rings. The molecule has 0 aliphatic carbocycles. The smallest absolute Gasteiger partial charge is 0.146 e. The molecule has 1 aromatic heterocycles. The lowest BCUT2D eigenvalue weighted by atomic mass is 10.2. The van der Waals surface area contributed by atoms with Crippen molar-refractivity contribution in [2.75, 3.05) is 5.73 Å². The van der Waals surface area contributed by atoms with Crippen LogP contribution in [0, 0.1) is 0 Å². The van der Waals surface area contributed by atoms with E-state index in [1.165, 1.54) is 0 Å². The van der Waals surface area contributed by atoms with Crippen LogP contribution in [0.5, 0.6) is 0 Å². The third-order valence-electron chi connectivity index (χ3n) is 1.34. The van der Waals surface area contributed by atoms with Gasteiger partial charge in [-0.25, -0.2) is 0 Å². The minimum Gasteiger partial charge on any atom is -0.382 e. The van der Waals surface area contributed by atoms with E-state index in [0.717, 1.165) is 11.3 Å². The molecular formula is C9H17N3. The molecule has 0 aliphatic heterocycles. The molecule has 3 nitrogen and oxygen atoms in total. The van der Waals surface area contributed by atoms with Crippen molar-refractivity contribution >= 4 is 11.4 Å². The van der Waals surface area contributed by atoms with Gasteiger partial charge in [0, 0.05) is 13.1 Å². The van der Waals surface area contributed by atoms with Crippen LogP contribution in [0.25, 0.3) is 5.57 Å². The van der Waals surface area contributed by atoms with Crippen LogP contribution in [0.4, 0.5) is 5.82 Å². The van der Waals surface area contributed by atoms with Gasteiger partial charge >= 0.3 is 0 Å². The molecule has 0 unspecified atom stereocenters. The fourth-order valence-electron chi connectivity index (χ4n) is 0.889. The molecule has 68 valence electrons. The summed E-state index contributed by atoms with van der Waals surface area (Å²) >= 11 is 0. The van der Waals surface area contributed by atoms with E-state index in [4.69, 9.17) is 5.73 Å². The van der Waals surface area contributed by atoms with Crippen LogP contribution in [0.1, 0.15) is 26.5 Å². The van der Waals surface area contributed by atoms with Crippen molar-refractivity contribution < 1.29 is 0 Å².